The van der Waals surface area contributed by atoms with Gasteiger partial charge in [-0.25, -0.2) is 15.0 Å². The molecule has 1 aliphatic heterocycles. The van der Waals surface area contributed by atoms with Gasteiger partial charge in [-0.3, -0.25) is 0 Å². The number of rotatable bonds is 7. The van der Waals surface area contributed by atoms with Gasteiger partial charge in [0.2, 0.25) is 11.8 Å². The van der Waals surface area contributed by atoms with Crippen LogP contribution in [-0.2, 0) is 0 Å². The van der Waals surface area contributed by atoms with Crippen molar-refractivity contribution in [1.29, 1.82) is 0 Å². The molecular formula is C31H36N6O2. The van der Waals surface area contributed by atoms with E-state index in [-0.39, 0.29) is 12.1 Å². The Kier molecular flexibility index (Phi) is 7.56. The molecule has 2 aliphatic rings. The van der Waals surface area contributed by atoms with Crippen LogP contribution in [0.4, 0.5) is 11.6 Å². The van der Waals surface area contributed by atoms with Crippen LogP contribution in [0.25, 0.3) is 22.0 Å². The quantitative estimate of drug-likeness (QED) is 0.245. The molecule has 39 heavy (non-hydrogen) atoms. The normalized spacial score (nSPS) is 21.4. The fourth-order valence-corrected chi connectivity index (χ4v) is 5.68. The van der Waals surface area contributed by atoms with E-state index in [1.807, 2.05) is 31.2 Å². The van der Waals surface area contributed by atoms with Crippen molar-refractivity contribution in [2.24, 2.45) is 0 Å². The Hall–Kier alpha value is -3.75. The Bertz CT molecular complexity index is 1440. The maximum absolute atomic E-state index is 10.5. The van der Waals surface area contributed by atoms with E-state index in [2.05, 4.69) is 50.2 Å². The van der Waals surface area contributed by atoms with E-state index in [9.17, 15) is 5.11 Å². The van der Waals surface area contributed by atoms with Gasteiger partial charge < -0.3 is 25.8 Å². The molecule has 2 aromatic heterocycles. The number of hydrogen-bond donors (Lipinski definition) is 4. The summed E-state index contributed by atoms with van der Waals surface area (Å²) in [5.74, 6) is 1.87. The van der Waals surface area contributed by atoms with E-state index in [1.54, 1.807) is 12.4 Å². The molecule has 0 radical (unpaired) electrons. The summed E-state index contributed by atoms with van der Waals surface area (Å²) in [4.78, 5) is 13.9. The summed E-state index contributed by atoms with van der Waals surface area (Å²) in [7, 11) is 0. The van der Waals surface area contributed by atoms with Crippen LogP contribution in [0.1, 0.15) is 44.1 Å². The highest BCUT2D eigenvalue weighted by molar-refractivity contribution is 5.98. The van der Waals surface area contributed by atoms with E-state index in [4.69, 9.17) is 9.72 Å². The molecule has 1 aliphatic carbocycles. The number of pyridine rings is 1. The molecule has 1 unspecified atom stereocenters. The number of anilines is 2. The van der Waals surface area contributed by atoms with Crippen LogP contribution in [-0.4, -0.2) is 51.3 Å². The lowest BCUT2D eigenvalue weighted by Gasteiger charge is -2.29. The third-order valence-corrected chi connectivity index (χ3v) is 7.81. The first kappa shape index (κ1) is 25.5. The predicted octanol–water partition coefficient (Wildman–Crippen LogP) is 5.67. The smallest absolute Gasteiger partial charge is 0.228 e. The Labute approximate surface area is 229 Å². The highest BCUT2D eigenvalue weighted by atomic mass is 16.5. The second-order valence-electron chi connectivity index (χ2n) is 10.6. The van der Waals surface area contributed by atoms with Gasteiger partial charge in [0.1, 0.15) is 5.75 Å². The number of hydrogen-bond acceptors (Lipinski definition) is 8. The lowest BCUT2D eigenvalue weighted by Crippen LogP contribution is -2.38. The van der Waals surface area contributed by atoms with E-state index in [0.717, 1.165) is 90.6 Å². The number of nitrogens with zero attached hydrogens (tertiary/aromatic N) is 3. The SMILES string of the molecule is Cc1ccc2c(N[C@H]3CCCC[C@@H]3O)cccc2c1Oc1ncccc1-c1ccnc(NC2CCCNC2)n1. The minimum atomic E-state index is -0.326. The number of aromatic nitrogens is 3. The predicted molar refractivity (Wildman–Crippen MR) is 155 cm³/mol. The molecule has 6 rings (SSSR count). The zero-order valence-electron chi connectivity index (χ0n) is 22.4. The summed E-state index contributed by atoms with van der Waals surface area (Å²) in [6.45, 7) is 4.02. The van der Waals surface area contributed by atoms with Gasteiger partial charge in [-0.2, -0.15) is 0 Å². The summed E-state index contributed by atoms with van der Waals surface area (Å²) >= 11 is 0. The third-order valence-electron chi connectivity index (χ3n) is 7.81. The fraction of sp³-hybridized carbons (Fsp3) is 0.387. The maximum atomic E-state index is 10.5. The molecule has 8 nitrogen and oxygen atoms in total. The van der Waals surface area contributed by atoms with Crippen molar-refractivity contribution in [3.63, 3.8) is 0 Å². The highest BCUT2D eigenvalue weighted by Gasteiger charge is 2.24. The molecule has 0 bridgehead atoms. The van der Waals surface area contributed by atoms with E-state index in [0.29, 0.717) is 17.9 Å². The highest BCUT2D eigenvalue weighted by Crippen LogP contribution is 2.39. The van der Waals surface area contributed by atoms with Crippen molar-refractivity contribution in [1.82, 2.24) is 20.3 Å². The summed E-state index contributed by atoms with van der Waals surface area (Å²) in [5.41, 5.74) is 3.59. The van der Waals surface area contributed by atoms with Crippen LogP contribution < -0.4 is 20.7 Å². The number of fused-ring (bicyclic) bond motifs is 1. The van der Waals surface area contributed by atoms with Crippen LogP contribution in [0.3, 0.4) is 0 Å². The zero-order chi connectivity index (χ0) is 26.6. The summed E-state index contributed by atoms with van der Waals surface area (Å²) in [6, 6.07) is 16.5. The van der Waals surface area contributed by atoms with Gasteiger partial charge in [-0.1, -0.05) is 37.1 Å². The number of aliphatic hydroxyl groups is 1. The van der Waals surface area contributed by atoms with Crippen molar-refractivity contribution in [3.05, 3.63) is 66.5 Å². The summed E-state index contributed by atoms with van der Waals surface area (Å²) in [5, 5.41) is 23.1. The Morgan fingerprint density at radius 3 is 2.69 bits per heavy atom. The number of benzene rings is 2. The molecule has 4 aromatic rings. The molecule has 0 spiro atoms. The second-order valence-corrected chi connectivity index (χ2v) is 10.6. The molecule has 1 saturated heterocycles. The molecule has 3 heterocycles. The molecular weight excluding hydrogens is 488 g/mol. The van der Waals surface area contributed by atoms with Crippen LogP contribution in [0, 0.1) is 6.92 Å². The monoisotopic (exact) mass is 524 g/mol. The summed E-state index contributed by atoms with van der Waals surface area (Å²) in [6.07, 6.45) is 9.46. The molecule has 2 aromatic carbocycles. The van der Waals surface area contributed by atoms with E-state index >= 15 is 0 Å². The molecule has 1 saturated carbocycles. The Morgan fingerprint density at radius 1 is 0.897 bits per heavy atom. The maximum Gasteiger partial charge on any atom is 0.228 e. The van der Waals surface area contributed by atoms with Gasteiger partial charge in [0.25, 0.3) is 0 Å². The van der Waals surface area contributed by atoms with Crippen LogP contribution in [0.5, 0.6) is 11.6 Å². The number of aryl methyl sites for hydroxylation is 1. The average Bonchev–Trinajstić information content (AvgIpc) is 2.97. The van der Waals surface area contributed by atoms with Crippen molar-refractivity contribution in [2.45, 2.75) is 63.6 Å². The minimum absolute atomic E-state index is 0.0578. The number of aliphatic hydroxyl groups excluding tert-OH is 1. The molecule has 0 amide bonds. The Morgan fingerprint density at radius 2 is 1.82 bits per heavy atom. The topological polar surface area (TPSA) is 104 Å². The molecule has 8 heteroatoms. The average molecular weight is 525 g/mol. The Balaban J connectivity index is 1.31. The van der Waals surface area contributed by atoms with Crippen LogP contribution in [0.2, 0.25) is 0 Å². The molecule has 202 valence electrons. The zero-order valence-corrected chi connectivity index (χ0v) is 22.4. The number of ether oxygens (including phenoxy) is 1. The largest absolute Gasteiger partial charge is 0.437 e. The lowest BCUT2D eigenvalue weighted by molar-refractivity contribution is 0.116. The van der Waals surface area contributed by atoms with Crippen molar-refractivity contribution in [2.75, 3.05) is 23.7 Å². The van der Waals surface area contributed by atoms with Gasteiger partial charge in [0.05, 0.1) is 23.4 Å². The van der Waals surface area contributed by atoms with Crippen molar-refractivity contribution in [3.8, 4) is 22.9 Å². The first-order chi connectivity index (χ1) is 19.2. The van der Waals surface area contributed by atoms with Gasteiger partial charge in [0, 0.05) is 41.4 Å². The fourth-order valence-electron chi connectivity index (χ4n) is 5.68. The number of nitrogens with one attached hydrogen (secondary N) is 3. The van der Waals surface area contributed by atoms with Crippen molar-refractivity contribution >= 4 is 22.4 Å². The van der Waals surface area contributed by atoms with Crippen LogP contribution in [0.15, 0.2) is 60.9 Å². The first-order valence-electron chi connectivity index (χ1n) is 14.1. The van der Waals surface area contributed by atoms with Gasteiger partial charge >= 0.3 is 0 Å². The molecule has 2 fully saturated rings. The van der Waals surface area contributed by atoms with Gasteiger partial charge in [-0.05, 0) is 69.0 Å². The molecule has 3 atom stereocenters. The van der Waals surface area contributed by atoms with Crippen LogP contribution >= 0.6 is 0 Å². The van der Waals surface area contributed by atoms with Gasteiger partial charge in [0.15, 0.2) is 0 Å². The third kappa shape index (κ3) is 5.67. The number of piperidine rings is 1. The summed E-state index contributed by atoms with van der Waals surface area (Å²) < 4.78 is 6.58. The van der Waals surface area contributed by atoms with Gasteiger partial charge in [-0.15, -0.1) is 0 Å². The lowest BCUT2D eigenvalue weighted by atomic mass is 9.92. The van der Waals surface area contributed by atoms with E-state index in [1.165, 1.54) is 0 Å². The molecule has 4 N–H and O–H groups in total. The minimum Gasteiger partial charge on any atom is -0.437 e. The first-order valence-corrected chi connectivity index (χ1v) is 14.1. The second kappa shape index (κ2) is 11.6. The standard InChI is InChI=1S/C31H36N6O2/c1-20-13-14-22-23(8-4-11-25(22)36-27-10-2-3-12-28(27)38)29(20)39-30-24(9-6-17-33-30)26-15-18-34-31(37-26)35-21-7-5-16-32-19-21/h4,6,8-9,11,13-15,17-18,21,27-28,32,36,38H,2-3,5,7,10,12,16,19H2,1H3,(H,34,35,37)/t21?,27-,28-/m0/s1. The van der Waals surface area contributed by atoms with Crippen molar-refractivity contribution < 1.29 is 9.84 Å². The van der Waals surface area contributed by atoms with E-state index < -0.39 is 0 Å².